The summed E-state index contributed by atoms with van der Waals surface area (Å²) in [4.78, 5) is 0. The van der Waals surface area contributed by atoms with E-state index >= 15 is 0 Å². The van der Waals surface area contributed by atoms with Crippen molar-refractivity contribution in [3.63, 3.8) is 0 Å². The van der Waals surface area contributed by atoms with Crippen molar-refractivity contribution < 1.29 is 5.11 Å². The average Bonchev–Trinajstić information content (AvgIpc) is 2.78. The number of aliphatic hydroxyl groups is 1. The summed E-state index contributed by atoms with van der Waals surface area (Å²) in [6, 6.07) is 0. The third kappa shape index (κ3) is 3.74. The van der Waals surface area contributed by atoms with E-state index in [0.717, 1.165) is 19.3 Å². The Hall–Kier alpha value is -0.0800. The lowest BCUT2D eigenvalue weighted by Gasteiger charge is -2.33. The van der Waals surface area contributed by atoms with Crippen LogP contribution in [0.15, 0.2) is 0 Å². The van der Waals surface area contributed by atoms with Crippen molar-refractivity contribution in [2.75, 3.05) is 6.54 Å². The third-order valence-corrected chi connectivity index (χ3v) is 4.29. The number of hydrogen-bond donors (Lipinski definition) is 2. The fraction of sp³-hybridized carbons (Fsp3) is 1.00. The van der Waals surface area contributed by atoms with Gasteiger partial charge in [-0.1, -0.05) is 51.9 Å². The summed E-state index contributed by atoms with van der Waals surface area (Å²) in [5.74, 6) is 0. The van der Waals surface area contributed by atoms with E-state index in [0.29, 0.717) is 6.54 Å². The van der Waals surface area contributed by atoms with Crippen molar-refractivity contribution in [2.24, 2.45) is 11.1 Å². The zero-order valence-electron chi connectivity index (χ0n) is 10.9. The Morgan fingerprint density at radius 1 is 1.12 bits per heavy atom. The highest BCUT2D eigenvalue weighted by Gasteiger charge is 2.38. The summed E-state index contributed by atoms with van der Waals surface area (Å²) in [7, 11) is 0. The van der Waals surface area contributed by atoms with Gasteiger partial charge in [0.1, 0.15) is 0 Å². The predicted molar refractivity (Wildman–Crippen MR) is 69.3 cm³/mol. The van der Waals surface area contributed by atoms with Gasteiger partial charge in [0.2, 0.25) is 0 Å². The Balaban J connectivity index is 2.19. The highest BCUT2D eigenvalue weighted by molar-refractivity contribution is 4.91. The zero-order valence-corrected chi connectivity index (χ0v) is 10.9. The van der Waals surface area contributed by atoms with Gasteiger partial charge in [-0.15, -0.1) is 0 Å². The third-order valence-electron chi connectivity index (χ3n) is 4.29. The van der Waals surface area contributed by atoms with Crippen LogP contribution in [0.4, 0.5) is 0 Å². The van der Waals surface area contributed by atoms with Crippen molar-refractivity contribution in [2.45, 2.75) is 77.2 Å². The molecule has 1 unspecified atom stereocenters. The maximum atomic E-state index is 10.3. The molecule has 1 atom stereocenters. The topological polar surface area (TPSA) is 46.2 Å². The van der Waals surface area contributed by atoms with E-state index < -0.39 is 0 Å². The Labute approximate surface area is 101 Å². The minimum atomic E-state index is -0.151. The Kier molecular flexibility index (Phi) is 6.37. The van der Waals surface area contributed by atoms with Gasteiger partial charge in [0.05, 0.1) is 6.10 Å². The number of rotatable bonds is 8. The van der Waals surface area contributed by atoms with Crippen molar-refractivity contribution in [1.82, 2.24) is 0 Å². The Bertz CT molecular complexity index is 176. The molecule has 0 aliphatic heterocycles. The number of unbranched alkanes of at least 4 members (excludes halogenated alkanes) is 4. The van der Waals surface area contributed by atoms with Crippen molar-refractivity contribution in [3.05, 3.63) is 0 Å². The number of nitrogens with two attached hydrogens (primary N) is 1. The van der Waals surface area contributed by atoms with Crippen molar-refractivity contribution >= 4 is 0 Å². The van der Waals surface area contributed by atoms with Gasteiger partial charge in [0.15, 0.2) is 0 Å². The quantitative estimate of drug-likeness (QED) is 0.625. The minimum absolute atomic E-state index is 0.0742. The molecule has 1 aliphatic rings. The normalized spacial score (nSPS) is 21.2. The van der Waals surface area contributed by atoms with Crippen LogP contribution in [-0.4, -0.2) is 17.8 Å². The predicted octanol–water partition coefficient (Wildman–Crippen LogP) is 3.23. The second-order valence-electron chi connectivity index (χ2n) is 5.49. The lowest BCUT2D eigenvalue weighted by molar-refractivity contribution is 0.0261. The molecule has 0 spiro atoms. The zero-order chi connectivity index (χ0) is 11.9. The average molecular weight is 227 g/mol. The van der Waals surface area contributed by atoms with E-state index in [1.165, 1.54) is 44.9 Å². The molecule has 0 aromatic carbocycles. The van der Waals surface area contributed by atoms with Crippen LogP contribution >= 0.6 is 0 Å². The lowest BCUT2D eigenvalue weighted by Crippen LogP contribution is -2.39. The van der Waals surface area contributed by atoms with Gasteiger partial charge in [-0.05, 0) is 19.3 Å². The summed E-state index contributed by atoms with van der Waals surface area (Å²) >= 11 is 0. The van der Waals surface area contributed by atoms with Gasteiger partial charge in [0.25, 0.3) is 0 Å². The standard InChI is InChI=1S/C14H29NO/c1-2-3-4-5-6-9-13(16)14(12-15)10-7-8-11-14/h13,16H,2-12,15H2,1H3. The van der Waals surface area contributed by atoms with E-state index in [9.17, 15) is 5.11 Å². The molecule has 3 N–H and O–H groups in total. The van der Waals surface area contributed by atoms with Crippen LogP contribution in [0.2, 0.25) is 0 Å². The molecular formula is C14H29NO. The SMILES string of the molecule is CCCCCCCC(O)C1(CN)CCCC1. The molecule has 16 heavy (non-hydrogen) atoms. The summed E-state index contributed by atoms with van der Waals surface area (Å²) in [5, 5.41) is 10.3. The molecule has 0 bridgehead atoms. The molecule has 1 fully saturated rings. The molecule has 2 nitrogen and oxygen atoms in total. The van der Waals surface area contributed by atoms with Gasteiger partial charge >= 0.3 is 0 Å². The van der Waals surface area contributed by atoms with Gasteiger partial charge in [-0.3, -0.25) is 0 Å². The van der Waals surface area contributed by atoms with Crippen molar-refractivity contribution in [3.8, 4) is 0 Å². The largest absolute Gasteiger partial charge is 0.393 e. The van der Waals surface area contributed by atoms with Gasteiger partial charge in [-0.2, -0.15) is 0 Å². The molecule has 0 saturated heterocycles. The van der Waals surface area contributed by atoms with Crippen LogP contribution in [0.25, 0.3) is 0 Å². The van der Waals surface area contributed by atoms with Crippen LogP contribution in [0.3, 0.4) is 0 Å². The maximum Gasteiger partial charge on any atom is 0.0608 e. The first-order valence-corrected chi connectivity index (χ1v) is 7.13. The molecule has 1 saturated carbocycles. The van der Waals surface area contributed by atoms with E-state index in [1.807, 2.05) is 0 Å². The first-order valence-electron chi connectivity index (χ1n) is 7.13. The molecule has 96 valence electrons. The van der Waals surface area contributed by atoms with Crippen LogP contribution in [0, 0.1) is 5.41 Å². The van der Waals surface area contributed by atoms with Crippen LogP contribution in [-0.2, 0) is 0 Å². The second kappa shape index (κ2) is 7.29. The second-order valence-corrected chi connectivity index (χ2v) is 5.49. The highest BCUT2D eigenvalue weighted by Crippen LogP contribution is 2.41. The van der Waals surface area contributed by atoms with E-state index in [1.54, 1.807) is 0 Å². The highest BCUT2D eigenvalue weighted by atomic mass is 16.3. The molecule has 2 heteroatoms. The number of aliphatic hydroxyl groups excluding tert-OH is 1. The molecule has 0 aromatic heterocycles. The summed E-state index contributed by atoms with van der Waals surface area (Å²) in [5.41, 5.74) is 5.94. The summed E-state index contributed by atoms with van der Waals surface area (Å²) in [6.07, 6.45) is 12.0. The monoisotopic (exact) mass is 227 g/mol. The number of hydrogen-bond acceptors (Lipinski definition) is 2. The van der Waals surface area contributed by atoms with Crippen LogP contribution in [0.1, 0.15) is 71.1 Å². The lowest BCUT2D eigenvalue weighted by atomic mass is 9.78. The molecular weight excluding hydrogens is 198 g/mol. The van der Waals surface area contributed by atoms with E-state index in [-0.39, 0.29) is 11.5 Å². The van der Waals surface area contributed by atoms with Crippen molar-refractivity contribution in [1.29, 1.82) is 0 Å². The first-order chi connectivity index (χ1) is 7.75. The van der Waals surface area contributed by atoms with E-state index in [2.05, 4.69) is 6.92 Å². The molecule has 0 radical (unpaired) electrons. The Morgan fingerprint density at radius 2 is 1.75 bits per heavy atom. The summed E-state index contributed by atoms with van der Waals surface area (Å²) in [6.45, 7) is 2.90. The molecule has 0 heterocycles. The molecule has 1 rings (SSSR count). The minimum Gasteiger partial charge on any atom is -0.393 e. The summed E-state index contributed by atoms with van der Waals surface area (Å²) < 4.78 is 0. The maximum absolute atomic E-state index is 10.3. The van der Waals surface area contributed by atoms with Crippen LogP contribution in [0.5, 0.6) is 0 Å². The fourth-order valence-corrected chi connectivity index (χ4v) is 3.00. The van der Waals surface area contributed by atoms with Crippen LogP contribution < -0.4 is 5.73 Å². The molecule has 1 aliphatic carbocycles. The smallest absolute Gasteiger partial charge is 0.0608 e. The first kappa shape index (κ1) is 14.0. The van der Waals surface area contributed by atoms with E-state index in [4.69, 9.17) is 5.73 Å². The molecule has 0 aromatic rings. The van der Waals surface area contributed by atoms with Gasteiger partial charge in [0, 0.05) is 12.0 Å². The van der Waals surface area contributed by atoms with Gasteiger partial charge < -0.3 is 10.8 Å². The molecule has 0 amide bonds. The fourth-order valence-electron chi connectivity index (χ4n) is 3.00. The van der Waals surface area contributed by atoms with Gasteiger partial charge in [-0.25, -0.2) is 0 Å². The Morgan fingerprint density at radius 3 is 2.31 bits per heavy atom.